The number of rotatable bonds is 1. The van der Waals surface area contributed by atoms with Crippen LogP contribution in [0.3, 0.4) is 0 Å². The number of hydrogen-bond donors (Lipinski definition) is 1. The highest BCUT2D eigenvalue weighted by Gasteiger charge is 2.52. The third-order valence-electron chi connectivity index (χ3n) is 3.26. The van der Waals surface area contributed by atoms with Gasteiger partial charge in [-0.2, -0.15) is 0 Å². The van der Waals surface area contributed by atoms with Gasteiger partial charge in [0.25, 0.3) is 0 Å². The van der Waals surface area contributed by atoms with Gasteiger partial charge in [0.1, 0.15) is 11.0 Å². The van der Waals surface area contributed by atoms with Gasteiger partial charge in [-0.05, 0) is 33.6 Å². The monoisotopic (exact) mass is 233 g/mol. The smallest absolute Gasteiger partial charge is 0.157 e. The standard InChI is InChI=1S/C10H19NO3S/c1-9(2)7-14-10(3,11-9)8-5-4-6-15(8,12)13/h8,11H,4-7H2,1-3H3. The summed E-state index contributed by atoms with van der Waals surface area (Å²) >= 11 is 0. The average Bonchev–Trinajstić information content (AvgIpc) is 2.53. The van der Waals surface area contributed by atoms with Gasteiger partial charge in [-0.1, -0.05) is 0 Å². The van der Waals surface area contributed by atoms with E-state index in [1.807, 2.05) is 20.8 Å². The van der Waals surface area contributed by atoms with Crippen molar-refractivity contribution in [3.63, 3.8) is 0 Å². The molecule has 0 aromatic heterocycles. The molecule has 0 spiro atoms. The van der Waals surface area contributed by atoms with Crippen molar-refractivity contribution in [1.29, 1.82) is 0 Å². The Morgan fingerprint density at radius 3 is 2.40 bits per heavy atom. The zero-order chi connectivity index (χ0) is 11.3. The third kappa shape index (κ3) is 1.92. The summed E-state index contributed by atoms with van der Waals surface area (Å²) in [6.45, 7) is 6.48. The van der Waals surface area contributed by atoms with E-state index in [2.05, 4.69) is 5.32 Å². The fraction of sp³-hybridized carbons (Fsp3) is 1.00. The van der Waals surface area contributed by atoms with Gasteiger partial charge < -0.3 is 4.74 Å². The Labute approximate surface area is 91.3 Å². The van der Waals surface area contributed by atoms with Gasteiger partial charge in [0.2, 0.25) is 0 Å². The fourth-order valence-electron chi connectivity index (χ4n) is 2.66. The van der Waals surface area contributed by atoms with Gasteiger partial charge in [0, 0.05) is 5.54 Å². The van der Waals surface area contributed by atoms with Crippen molar-refractivity contribution in [2.45, 2.75) is 50.1 Å². The maximum Gasteiger partial charge on any atom is 0.157 e. The Hall–Kier alpha value is -0.130. The Morgan fingerprint density at radius 2 is 2.00 bits per heavy atom. The first kappa shape index (κ1) is 11.4. The van der Waals surface area contributed by atoms with Gasteiger partial charge in [-0.25, -0.2) is 8.42 Å². The maximum atomic E-state index is 11.8. The van der Waals surface area contributed by atoms with Crippen LogP contribution in [0.2, 0.25) is 0 Å². The molecule has 4 nitrogen and oxygen atoms in total. The summed E-state index contributed by atoms with van der Waals surface area (Å²) in [5.41, 5.74) is -0.828. The van der Waals surface area contributed by atoms with Crippen LogP contribution in [0, 0.1) is 0 Å². The molecular weight excluding hydrogens is 214 g/mol. The molecule has 88 valence electrons. The van der Waals surface area contributed by atoms with Crippen molar-refractivity contribution in [1.82, 2.24) is 5.32 Å². The largest absolute Gasteiger partial charge is 0.358 e. The molecule has 0 amide bonds. The molecule has 2 aliphatic rings. The van der Waals surface area contributed by atoms with Crippen LogP contribution in [0.5, 0.6) is 0 Å². The number of sulfone groups is 1. The summed E-state index contributed by atoms with van der Waals surface area (Å²) in [6, 6.07) is 0. The summed E-state index contributed by atoms with van der Waals surface area (Å²) in [6.07, 6.45) is 1.47. The molecule has 0 aromatic rings. The highest BCUT2D eigenvalue weighted by atomic mass is 32.2. The minimum Gasteiger partial charge on any atom is -0.358 e. The summed E-state index contributed by atoms with van der Waals surface area (Å²) in [5.74, 6) is 0.304. The van der Waals surface area contributed by atoms with Crippen LogP contribution in [0.25, 0.3) is 0 Å². The summed E-state index contributed by atoms with van der Waals surface area (Å²) in [4.78, 5) is 0. The van der Waals surface area contributed by atoms with Crippen LogP contribution < -0.4 is 5.32 Å². The molecule has 2 rings (SSSR count). The van der Waals surface area contributed by atoms with E-state index in [9.17, 15) is 8.42 Å². The predicted octanol–water partition coefficient (Wildman–Crippen LogP) is 0.678. The van der Waals surface area contributed by atoms with Crippen LogP contribution in [0.1, 0.15) is 33.6 Å². The molecule has 2 saturated heterocycles. The van der Waals surface area contributed by atoms with Crippen molar-refractivity contribution < 1.29 is 13.2 Å². The van der Waals surface area contributed by atoms with Gasteiger partial charge in [0.05, 0.1) is 12.4 Å². The first-order chi connectivity index (χ1) is 6.75. The molecule has 5 heteroatoms. The number of hydrogen-bond acceptors (Lipinski definition) is 4. The minimum absolute atomic E-state index is 0.132. The van der Waals surface area contributed by atoms with Gasteiger partial charge >= 0.3 is 0 Å². The van der Waals surface area contributed by atoms with E-state index in [1.165, 1.54) is 0 Å². The Balaban J connectivity index is 2.25. The lowest BCUT2D eigenvalue weighted by molar-refractivity contribution is 0.00258. The molecule has 2 fully saturated rings. The van der Waals surface area contributed by atoms with Gasteiger partial charge in [-0.3, -0.25) is 5.32 Å². The normalized spacial score (nSPS) is 43.3. The molecule has 0 saturated carbocycles. The Kier molecular flexibility index (Phi) is 2.41. The fourth-order valence-corrected chi connectivity index (χ4v) is 4.85. The van der Waals surface area contributed by atoms with Crippen molar-refractivity contribution in [3.8, 4) is 0 Å². The molecule has 2 unspecified atom stereocenters. The average molecular weight is 233 g/mol. The molecule has 2 heterocycles. The van der Waals surface area contributed by atoms with Crippen LogP contribution in [0.4, 0.5) is 0 Å². The van der Waals surface area contributed by atoms with Gasteiger partial charge in [-0.15, -0.1) is 0 Å². The van der Waals surface area contributed by atoms with Crippen molar-refractivity contribution >= 4 is 9.84 Å². The van der Waals surface area contributed by atoms with Crippen LogP contribution in [0.15, 0.2) is 0 Å². The highest BCUT2D eigenvalue weighted by molar-refractivity contribution is 7.92. The number of nitrogens with one attached hydrogen (secondary N) is 1. The molecule has 0 aromatic carbocycles. The molecule has 0 bridgehead atoms. The lowest BCUT2D eigenvalue weighted by Crippen LogP contribution is -2.55. The first-order valence-electron chi connectivity index (χ1n) is 5.40. The first-order valence-corrected chi connectivity index (χ1v) is 7.12. The van der Waals surface area contributed by atoms with E-state index in [0.29, 0.717) is 18.8 Å². The van der Waals surface area contributed by atoms with E-state index in [4.69, 9.17) is 4.74 Å². The molecule has 0 aliphatic carbocycles. The molecule has 2 atom stereocenters. The summed E-state index contributed by atoms with van der Waals surface area (Å²) in [5, 5.41) is 2.92. The molecule has 1 N–H and O–H groups in total. The van der Waals surface area contributed by atoms with E-state index in [1.54, 1.807) is 0 Å². The lowest BCUT2D eigenvalue weighted by Gasteiger charge is -2.31. The van der Waals surface area contributed by atoms with Crippen molar-refractivity contribution in [2.24, 2.45) is 0 Å². The van der Waals surface area contributed by atoms with E-state index in [-0.39, 0.29) is 10.8 Å². The van der Waals surface area contributed by atoms with E-state index < -0.39 is 15.6 Å². The van der Waals surface area contributed by atoms with Gasteiger partial charge in [0.15, 0.2) is 9.84 Å². The van der Waals surface area contributed by atoms with E-state index >= 15 is 0 Å². The second-order valence-electron chi connectivity index (χ2n) is 5.40. The highest BCUT2D eigenvalue weighted by Crippen LogP contribution is 2.35. The Morgan fingerprint density at radius 1 is 1.33 bits per heavy atom. The van der Waals surface area contributed by atoms with Crippen LogP contribution >= 0.6 is 0 Å². The molecular formula is C10H19NO3S. The second-order valence-corrected chi connectivity index (χ2v) is 7.71. The summed E-state index contributed by atoms with van der Waals surface area (Å²) in [7, 11) is -2.97. The quantitative estimate of drug-likeness (QED) is 0.723. The molecule has 0 radical (unpaired) electrons. The summed E-state index contributed by atoms with van der Waals surface area (Å²) < 4.78 is 29.4. The number of ether oxygens (including phenoxy) is 1. The third-order valence-corrected chi connectivity index (χ3v) is 5.67. The molecule has 15 heavy (non-hydrogen) atoms. The van der Waals surface area contributed by atoms with Crippen molar-refractivity contribution in [3.05, 3.63) is 0 Å². The SMILES string of the molecule is CC1(C)COC(C)(C2CCCS2(=O)=O)N1. The molecule has 2 aliphatic heterocycles. The second kappa shape index (κ2) is 3.18. The zero-order valence-electron chi connectivity index (χ0n) is 9.54. The predicted molar refractivity (Wildman–Crippen MR) is 58.4 cm³/mol. The lowest BCUT2D eigenvalue weighted by atomic mass is 10.0. The zero-order valence-corrected chi connectivity index (χ0v) is 10.4. The van der Waals surface area contributed by atoms with Crippen LogP contribution in [-0.4, -0.2) is 37.3 Å². The Bertz CT molecular complexity index is 363. The van der Waals surface area contributed by atoms with Crippen molar-refractivity contribution in [2.75, 3.05) is 12.4 Å². The van der Waals surface area contributed by atoms with E-state index in [0.717, 1.165) is 6.42 Å². The van der Waals surface area contributed by atoms with Crippen LogP contribution in [-0.2, 0) is 14.6 Å². The minimum atomic E-state index is -2.97. The topological polar surface area (TPSA) is 55.4 Å². The maximum absolute atomic E-state index is 11.8.